The molecule has 4 heterocycles. The van der Waals surface area contributed by atoms with Crippen LogP contribution < -0.4 is 9.77 Å². The van der Waals surface area contributed by atoms with Crippen LogP contribution in [0.15, 0.2) is 58.4 Å². The fourth-order valence-corrected chi connectivity index (χ4v) is 9.10. The van der Waals surface area contributed by atoms with Crippen molar-refractivity contribution in [2.75, 3.05) is 18.0 Å². The lowest BCUT2D eigenvalue weighted by molar-refractivity contribution is -0.137. The smallest absolute Gasteiger partial charge is 0.341 e. The molecule has 6 rings (SSSR count). The van der Waals surface area contributed by atoms with Crippen LogP contribution in [0.5, 0.6) is 0 Å². The first-order valence-corrected chi connectivity index (χ1v) is 16.3. The second-order valence-electron chi connectivity index (χ2n) is 12.5. The van der Waals surface area contributed by atoms with E-state index in [0.29, 0.717) is 33.5 Å². The Morgan fingerprint density at radius 1 is 0.909 bits per heavy atom. The SMILES string of the molecule is CC(C)(C)c1ccc([C@@H]2c3sc(=O)n(CC(=O)N4CCCCC4)c3S[C@H]3C(=O)N(c4ccccc4C(F)(F)F)C(=O)[C@@H]23)cc1. The molecule has 0 unspecified atom stereocenters. The number of amides is 3. The summed E-state index contributed by atoms with van der Waals surface area (Å²) in [5.74, 6) is -3.50. The number of carbonyl (C=O) groups is 3. The van der Waals surface area contributed by atoms with Gasteiger partial charge in [-0.15, -0.1) is 0 Å². The molecule has 3 aromatic rings. The lowest BCUT2D eigenvalue weighted by Crippen LogP contribution is -2.39. The van der Waals surface area contributed by atoms with E-state index in [1.54, 1.807) is 4.90 Å². The number of thioether (sulfide) groups is 1. The van der Waals surface area contributed by atoms with Crippen molar-refractivity contribution in [3.05, 3.63) is 79.8 Å². The monoisotopic (exact) mass is 643 g/mol. The number of aromatic nitrogens is 1. The second kappa shape index (κ2) is 11.2. The molecular weight excluding hydrogens is 611 g/mol. The molecule has 0 aliphatic carbocycles. The van der Waals surface area contributed by atoms with E-state index in [9.17, 15) is 32.3 Å². The number of fused-ring (bicyclic) bond motifs is 2. The molecule has 2 aromatic carbocycles. The Hall–Kier alpha value is -3.38. The van der Waals surface area contributed by atoms with Crippen molar-refractivity contribution in [3.63, 3.8) is 0 Å². The molecule has 7 nitrogen and oxygen atoms in total. The van der Waals surface area contributed by atoms with Gasteiger partial charge in [0.1, 0.15) is 11.8 Å². The third-order valence-electron chi connectivity index (χ3n) is 8.64. The molecule has 44 heavy (non-hydrogen) atoms. The Morgan fingerprint density at radius 3 is 2.20 bits per heavy atom. The maximum absolute atomic E-state index is 14.1. The first-order valence-electron chi connectivity index (χ1n) is 14.6. The number of carbonyl (C=O) groups excluding carboxylic acids is 3. The van der Waals surface area contributed by atoms with E-state index in [4.69, 9.17) is 0 Å². The van der Waals surface area contributed by atoms with Gasteiger partial charge in [0, 0.05) is 23.9 Å². The molecule has 3 atom stereocenters. The third-order valence-corrected chi connectivity index (χ3v) is 11.2. The second-order valence-corrected chi connectivity index (χ2v) is 14.6. The predicted molar refractivity (Wildman–Crippen MR) is 163 cm³/mol. The largest absolute Gasteiger partial charge is 0.418 e. The highest BCUT2D eigenvalue weighted by molar-refractivity contribution is 8.00. The number of piperidine rings is 1. The zero-order chi connectivity index (χ0) is 31.6. The molecule has 1 aromatic heterocycles. The summed E-state index contributed by atoms with van der Waals surface area (Å²) in [5.41, 5.74) is -0.0226. The normalized spacial score (nSPS) is 22.3. The van der Waals surface area contributed by atoms with Crippen LogP contribution in [0.1, 0.15) is 67.5 Å². The number of nitrogens with zero attached hydrogens (tertiary/aromatic N) is 3. The fourth-order valence-electron chi connectivity index (χ4n) is 6.33. The fraction of sp³-hybridized carbons (Fsp3) is 0.438. The molecule has 0 radical (unpaired) electrons. The van der Waals surface area contributed by atoms with Gasteiger partial charge in [0.25, 0.3) is 0 Å². The van der Waals surface area contributed by atoms with Gasteiger partial charge in [0.2, 0.25) is 17.7 Å². The van der Waals surface area contributed by atoms with Crippen LogP contribution in [0.4, 0.5) is 18.9 Å². The summed E-state index contributed by atoms with van der Waals surface area (Å²) in [6.07, 6.45) is -1.97. The molecule has 0 spiro atoms. The van der Waals surface area contributed by atoms with Gasteiger partial charge in [0.05, 0.1) is 22.2 Å². The molecule has 0 saturated carbocycles. The van der Waals surface area contributed by atoms with E-state index in [1.165, 1.54) is 16.7 Å². The van der Waals surface area contributed by atoms with E-state index >= 15 is 0 Å². The van der Waals surface area contributed by atoms with Crippen molar-refractivity contribution in [1.82, 2.24) is 9.47 Å². The number of para-hydroxylation sites is 1. The molecule has 2 saturated heterocycles. The third kappa shape index (κ3) is 5.29. The summed E-state index contributed by atoms with van der Waals surface area (Å²) in [7, 11) is 0. The minimum Gasteiger partial charge on any atom is -0.341 e. The number of imide groups is 1. The number of halogens is 3. The molecule has 2 fully saturated rings. The Labute approximate surface area is 261 Å². The van der Waals surface area contributed by atoms with Gasteiger partial charge in [-0.1, -0.05) is 80.3 Å². The quantitative estimate of drug-likeness (QED) is 0.325. The standard InChI is InChI=1S/C32H32F3N3O4S2/c1-31(2,3)19-13-11-18(12-14-19)23-24-25(28(41)38(27(24)40)21-10-6-5-9-20(21)32(33,34)35)43-29-26(23)44-30(42)37(29)17-22(39)36-15-7-4-8-16-36/h5-6,9-14,23-25H,4,7-8,15-17H2,1-3H3/t23-,24-,25+/m0/s1. The van der Waals surface area contributed by atoms with Crippen molar-refractivity contribution >= 4 is 46.5 Å². The van der Waals surface area contributed by atoms with E-state index < -0.39 is 46.3 Å². The van der Waals surface area contributed by atoms with Crippen LogP contribution >= 0.6 is 23.1 Å². The van der Waals surface area contributed by atoms with E-state index in [1.807, 2.05) is 24.3 Å². The van der Waals surface area contributed by atoms with Gasteiger partial charge in [-0.3, -0.25) is 23.7 Å². The highest BCUT2D eigenvalue weighted by Gasteiger charge is 2.57. The number of hydrogen-bond donors (Lipinski definition) is 0. The average molecular weight is 644 g/mol. The van der Waals surface area contributed by atoms with Crippen LogP contribution in [-0.4, -0.2) is 45.5 Å². The number of likely N-dealkylation sites (tertiary alicyclic amines) is 1. The topological polar surface area (TPSA) is 79.7 Å². The Kier molecular flexibility index (Phi) is 7.80. The van der Waals surface area contributed by atoms with Crippen molar-refractivity contribution in [2.45, 2.75) is 74.4 Å². The van der Waals surface area contributed by atoms with E-state index in [2.05, 4.69) is 20.8 Å². The number of anilines is 1. The average Bonchev–Trinajstić information content (AvgIpc) is 3.42. The molecule has 3 aliphatic rings. The van der Waals surface area contributed by atoms with Gasteiger partial charge in [-0.2, -0.15) is 13.2 Å². The van der Waals surface area contributed by atoms with Crippen LogP contribution in [-0.2, 0) is 32.5 Å². The first kappa shape index (κ1) is 30.6. The summed E-state index contributed by atoms with van der Waals surface area (Å²) >= 11 is 1.93. The number of alkyl halides is 3. The zero-order valence-electron chi connectivity index (χ0n) is 24.5. The number of rotatable bonds is 4. The van der Waals surface area contributed by atoms with Crippen LogP contribution in [0.3, 0.4) is 0 Å². The van der Waals surface area contributed by atoms with Crippen molar-refractivity contribution < 1.29 is 27.6 Å². The van der Waals surface area contributed by atoms with Crippen LogP contribution in [0, 0.1) is 5.92 Å². The van der Waals surface area contributed by atoms with Gasteiger partial charge in [-0.05, 0) is 47.9 Å². The molecule has 3 amide bonds. The van der Waals surface area contributed by atoms with Crippen molar-refractivity contribution in [3.8, 4) is 0 Å². The maximum Gasteiger partial charge on any atom is 0.418 e. The van der Waals surface area contributed by atoms with Crippen LogP contribution in [0.25, 0.3) is 0 Å². The van der Waals surface area contributed by atoms with Crippen molar-refractivity contribution in [1.29, 1.82) is 0 Å². The van der Waals surface area contributed by atoms with Gasteiger partial charge < -0.3 is 4.90 Å². The molecule has 3 aliphatic heterocycles. The van der Waals surface area contributed by atoms with Gasteiger partial charge >= 0.3 is 11.0 Å². The molecule has 232 valence electrons. The molecule has 12 heteroatoms. The summed E-state index contributed by atoms with van der Waals surface area (Å²) in [6.45, 7) is 7.21. The Bertz CT molecular complexity index is 1680. The van der Waals surface area contributed by atoms with E-state index in [-0.39, 0.29) is 22.7 Å². The molecule has 0 bridgehead atoms. The molecular formula is C32H32F3N3O4S2. The van der Waals surface area contributed by atoms with E-state index in [0.717, 1.165) is 60.1 Å². The summed E-state index contributed by atoms with van der Waals surface area (Å²) in [4.78, 5) is 57.3. The predicted octanol–water partition coefficient (Wildman–Crippen LogP) is 6.03. The molecule has 0 N–H and O–H groups in total. The van der Waals surface area contributed by atoms with Crippen LogP contribution in [0.2, 0.25) is 0 Å². The summed E-state index contributed by atoms with van der Waals surface area (Å²) in [5, 5.41) is -0.655. The van der Waals surface area contributed by atoms with Gasteiger partial charge in [-0.25, -0.2) is 4.90 Å². The lowest BCUT2D eigenvalue weighted by atomic mass is 9.81. The zero-order valence-corrected chi connectivity index (χ0v) is 26.2. The van der Waals surface area contributed by atoms with Gasteiger partial charge in [0.15, 0.2) is 0 Å². The number of hydrogen-bond acceptors (Lipinski definition) is 6. The number of thiazole rings is 1. The van der Waals surface area contributed by atoms with Crippen molar-refractivity contribution in [2.24, 2.45) is 5.92 Å². The summed E-state index contributed by atoms with van der Waals surface area (Å²) in [6, 6.07) is 12.2. The first-order chi connectivity index (χ1) is 20.8. The Balaban J connectivity index is 1.46. The highest BCUT2D eigenvalue weighted by atomic mass is 32.2. The summed E-state index contributed by atoms with van der Waals surface area (Å²) < 4.78 is 43.4. The minimum atomic E-state index is -4.78. The minimum absolute atomic E-state index is 0.158. The Morgan fingerprint density at radius 2 is 1.57 bits per heavy atom. The lowest BCUT2D eigenvalue weighted by Gasteiger charge is -2.31. The maximum atomic E-state index is 14.1. The number of benzene rings is 2. The highest BCUT2D eigenvalue weighted by Crippen LogP contribution is 2.54.